The molecule has 0 saturated heterocycles. The third-order valence-corrected chi connectivity index (χ3v) is 5.07. The van der Waals surface area contributed by atoms with Crippen LogP contribution in [-0.4, -0.2) is 46.5 Å². The van der Waals surface area contributed by atoms with Crippen LogP contribution in [0.1, 0.15) is 41.7 Å². The molecule has 0 bridgehead atoms. The van der Waals surface area contributed by atoms with Crippen LogP contribution in [0.25, 0.3) is 17.0 Å². The number of aromatic carboxylic acids is 1. The number of aromatic nitrogens is 6. The summed E-state index contributed by atoms with van der Waals surface area (Å²) in [7, 11) is 0. The number of halogens is 2. The summed E-state index contributed by atoms with van der Waals surface area (Å²) in [6, 6.07) is 0. The van der Waals surface area contributed by atoms with Crippen molar-refractivity contribution < 1.29 is 18.7 Å². The van der Waals surface area contributed by atoms with Crippen molar-refractivity contribution in [1.82, 2.24) is 29.5 Å². The second-order valence-electron chi connectivity index (χ2n) is 7.13. The number of hydrogen-bond donors (Lipinski definition) is 2. The van der Waals surface area contributed by atoms with Crippen LogP contribution in [0.3, 0.4) is 0 Å². The first-order chi connectivity index (χ1) is 13.2. The average Bonchev–Trinajstić information content (AvgIpc) is 3.23. The number of fused-ring (bicyclic) bond motifs is 1. The van der Waals surface area contributed by atoms with Crippen molar-refractivity contribution in [3.8, 4) is 5.95 Å². The number of aryl methyl sites for hydroxylation is 1. The monoisotopic (exact) mass is 392 g/mol. The van der Waals surface area contributed by atoms with Crippen molar-refractivity contribution in [2.45, 2.75) is 45.1 Å². The largest absolute Gasteiger partial charge is 0.478 e. The highest BCUT2D eigenvalue weighted by Gasteiger charge is 2.35. The molecule has 0 aromatic carbocycles. The molecule has 148 valence electrons. The first kappa shape index (κ1) is 18.3. The van der Waals surface area contributed by atoms with Crippen molar-refractivity contribution in [3.63, 3.8) is 0 Å². The molecule has 3 heterocycles. The second kappa shape index (κ2) is 6.50. The Morgan fingerprint density at radius 3 is 2.75 bits per heavy atom. The number of aromatic amines is 1. The summed E-state index contributed by atoms with van der Waals surface area (Å²) < 4.78 is 29.4. The van der Waals surface area contributed by atoms with Crippen LogP contribution in [0.5, 0.6) is 0 Å². The Labute approximate surface area is 157 Å². The molecule has 0 spiro atoms. The van der Waals surface area contributed by atoms with Crippen LogP contribution in [0.15, 0.2) is 17.2 Å². The fraction of sp³-hybridized carbons (Fsp3) is 0.471. The van der Waals surface area contributed by atoms with Gasteiger partial charge in [0.15, 0.2) is 5.52 Å². The Hall–Kier alpha value is -3.11. The van der Waals surface area contributed by atoms with Gasteiger partial charge in [-0.2, -0.15) is 10.2 Å². The minimum atomic E-state index is -2.61. The highest BCUT2D eigenvalue weighted by atomic mass is 19.3. The molecule has 11 heteroatoms. The molecule has 0 aliphatic heterocycles. The van der Waals surface area contributed by atoms with E-state index in [2.05, 4.69) is 20.2 Å². The predicted octanol–water partition coefficient (Wildman–Crippen LogP) is 2.14. The van der Waals surface area contributed by atoms with Crippen molar-refractivity contribution >= 4 is 17.0 Å². The number of carboxylic acid groups (broad SMARTS) is 1. The lowest BCUT2D eigenvalue weighted by Crippen LogP contribution is -2.27. The summed E-state index contributed by atoms with van der Waals surface area (Å²) in [6.07, 6.45) is 2.85. The molecule has 4 rings (SSSR count). The van der Waals surface area contributed by atoms with Gasteiger partial charge in [-0.1, -0.05) is 0 Å². The Morgan fingerprint density at radius 1 is 1.39 bits per heavy atom. The molecule has 1 saturated carbocycles. The molecular weight excluding hydrogens is 374 g/mol. The third kappa shape index (κ3) is 3.27. The van der Waals surface area contributed by atoms with Crippen LogP contribution in [0.2, 0.25) is 0 Å². The second-order valence-corrected chi connectivity index (χ2v) is 7.13. The minimum Gasteiger partial charge on any atom is -0.478 e. The molecule has 3 aromatic rings. The zero-order chi connectivity index (χ0) is 20.1. The summed E-state index contributed by atoms with van der Waals surface area (Å²) in [4.78, 5) is 30.6. The zero-order valence-electron chi connectivity index (χ0n) is 15.0. The average molecular weight is 392 g/mol. The molecule has 9 nitrogen and oxygen atoms in total. The lowest BCUT2D eigenvalue weighted by Gasteiger charge is -2.28. The van der Waals surface area contributed by atoms with Crippen LogP contribution >= 0.6 is 0 Å². The summed E-state index contributed by atoms with van der Waals surface area (Å²) in [6.45, 7) is 2.07. The van der Waals surface area contributed by atoms with E-state index in [0.717, 1.165) is 6.20 Å². The first-order valence-corrected chi connectivity index (χ1v) is 8.87. The van der Waals surface area contributed by atoms with Gasteiger partial charge in [-0.05, 0) is 25.7 Å². The number of hydrogen-bond acceptors (Lipinski definition) is 5. The zero-order valence-corrected chi connectivity index (χ0v) is 15.0. The van der Waals surface area contributed by atoms with Gasteiger partial charge in [-0.3, -0.25) is 14.5 Å². The number of rotatable bonds is 4. The van der Waals surface area contributed by atoms with Gasteiger partial charge in [-0.15, -0.1) is 0 Å². The number of alkyl halides is 2. The van der Waals surface area contributed by atoms with E-state index in [9.17, 15) is 18.4 Å². The van der Waals surface area contributed by atoms with E-state index >= 15 is 0 Å². The molecular formula is C17H18F2N6O3. The Bertz CT molecular complexity index is 1110. The van der Waals surface area contributed by atoms with Crippen molar-refractivity contribution in [2.24, 2.45) is 5.92 Å². The van der Waals surface area contributed by atoms with Gasteiger partial charge in [0.25, 0.3) is 5.56 Å². The van der Waals surface area contributed by atoms with Crippen LogP contribution in [-0.2, 0) is 6.54 Å². The fourth-order valence-corrected chi connectivity index (χ4v) is 3.54. The molecule has 3 aromatic heterocycles. The number of nitrogens with one attached hydrogen (secondary N) is 1. The van der Waals surface area contributed by atoms with Crippen LogP contribution in [0, 0.1) is 12.8 Å². The third-order valence-electron chi connectivity index (χ3n) is 5.07. The molecule has 0 atom stereocenters. The van der Waals surface area contributed by atoms with E-state index in [1.165, 1.54) is 15.6 Å². The Balaban J connectivity index is 1.67. The van der Waals surface area contributed by atoms with E-state index in [-0.39, 0.29) is 35.8 Å². The van der Waals surface area contributed by atoms with E-state index < -0.39 is 17.5 Å². The normalized spacial score (nSPS) is 17.2. The highest BCUT2D eigenvalue weighted by molar-refractivity contribution is 5.87. The predicted molar refractivity (Wildman–Crippen MR) is 93.9 cm³/mol. The van der Waals surface area contributed by atoms with Crippen molar-refractivity contribution in [2.75, 3.05) is 0 Å². The van der Waals surface area contributed by atoms with Crippen LogP contribution in [0.4, 0.5) is 8.78 Å². The topological polar surface area (TPSA) is 119 Å². The SMILES string of the molecule is Cc1nn(CC2CCC(F)(F)CC2)c2c(=O)[nH]c(-n3cc(C(=O)O)cn3)nc12. The standard InChI is InChI=1S/C17H18F2N6O3/c1-9-12-13(24(23-9)7-10-2-4-17(18,19)5-3-10)14(26)22-16(21-12)25-8-11(6-20-25)15(27)28/h6,8,10H,2-5,7H2,1H3,(H,27,28)(H,21,22,26). The maximum Gasteiger partial charge on any atom is 0.338 e. The van der Waals surface area contributed by atoms with Gasteiger partial charge in [0.2, 0.25) is 11.9 Å². The number of carboxylic acids is 1. The van der Waals surface area contributed by atoms with Gasteiger partial charge in [0, 0.05) is 25.6 Å². The molecule has 0 radical (unpaired) electrons. The van der Waals surface area contributed by atoms with E-state index in [1.807, 2.05) is 0 Å². The van der Waals surface area contributed by atoms with Gasteiger partial charge < -0.3 is 5.11 Å². The van der Waals surface area contributed by atoms with Gasteiger partial charge in [0.1, 0.15) is 5.52 Å². The summed E-state index contributed by atoms with van der Waals surface area (Å²) in [5, 5.41) is 17.3. The quantitative estimate of drug-likeness (QED) is 0.702. The molecule has 1 aliphatic carbocycles. The fourth-order valence-electron chi connectivity index (χ4n) is 3.54. The lowest BCUT2D eigenvalue weighted by molar-refractivity contribution is -0.0475. The Kier molecular flexibility index (Phi) is 4.24. The molecule has 0 unspecified atom stereocenters. The number of H-pyrrole nitrogens is 1. The number of nitrogens with zero attached hydrogens (tertiary/aromatic N) is 5. The summed E-state index contributed by atoms with van der Waals surface area (Å²) >= 11 is 0. The van der Waals surface area contributed by atoms with Crippen LogP contribution < -0.4 is 5.56 Å². The van der Waals surface area contributed by atoms with E-state index in [0.29, 0.717) is 30.6 Å². The van der Waals surface area contributed by atoms with Gasteiger partial charge in [0.05, 0.1) is 17.5 Å². The Morgan fingerprint density at radius 2 is 2.11 bits per heavy atom. The van der Waals surface area contributed by atoms with Crippen molar-refractivity contribution in [3.05, 3.63) is 34.0 Å². The van der Waals surface area contributed by atoms with E-state index in [1.54, 1.807) is 6.92 Å². The maximum absolute atomic E-state index is 13.4. The maximum atomic E-state index is 13.4. The smallest absolute Gasteiger partial charge is 0.338 e. The molecule has 0 amide bonds. The lowest BCUT2D eigenvalue weighted by atomic mass is 9.87. The molecule has 2 N–H and O–H groups in total. The van der Waals surface area contributed by atoms with E-state index in [4.69, 9.17) is 5.11 Å². The highest BCUT2D eigenvalue weighted by Crippen LogP contribution is 2.36. The van der Waals surface area contributed by atoms with Gasteiger partial charge in [-0.25, -0.2) is 23.2 Å². The summed E-state index contributed by atoms with van der Waals surface area (Å²) in [5.41, 5.74) is 0.670. The first-order valence-electron chi connectivity index (χ1n) is 8.87. The molecule has 28 heavy (non-hydrogen) atoms. The van der Waals surface area contributed by atoms with Crippen molar-refractivity contribution in [1.29, 1.82) is 0 Å². The molecule has 1 aliphatic rings. The molecule has 1 fully saturated rings. The minimum absolute atomic E-state index is 0.0189. The number of carbonyl (C=O) groups is 1. The van der Waals surface area contributed by atoms with Gasteiger partial charge >= 0.3 is 5.97 Å². The summed E-state index contributed by atoms with van der Waals surface area (Å²) in [5.74, 6) is -3.66.